The van der Waals surface area contributed by atoms with Gasteiger partial charge in [0.2, 0.25) is 0 Å². The molecule has 0 radical (unpaired) electrons. The Balaban J connectivity index is 2.23. The van der Waals surface area contributed by atoms with Crippen molar-refractivity contribution in [3.63, 3.8) is 0 Å². The van der Waals surface area contributed by atoms with Gasteiger partial charge in [-0.15, -0.1) is 0 Å². The van der Waals surface area contributed by atoms with Crippen LogP contribution in [0.15, 0.2) is 97.5 Å². The molecule has 0 unspecified atom stereocenters. The van der Waals surface area contributed by atoms with Crippen LogP contribution in [0.2, 0.25) is 0 Å². The van der Waals surface area contributed by atoms with Crippen LogP contribution >= 0.6 is 0 Å². The van der Waals surface area contributed by atoms with E-state index in [9.17, 15) is 5.11 Å². The van der Waals surface area contributed by atoms with Gasteiger partial charge in [0, 0.05) is 6.20 Å². The quantitative estimate of drug-likeness (QED) is 0.632. The summed E-state index contributed by atoms with van der Waals surface area (Å²) >= 11 is 0. The molecule has 3 heteroatoms. The van der Waals surface area contributed by atoms with E-state index in [0.29, 0.717) is 5.69 Å². The summed E-state index contributed by atoms with van der Waals surface area (Å²) in [7, 11) is 0. The molecule has 3 nitrogen and oxygen atoms in total. The maximum Gasteiger partial charge on any atom is 0.0992 e. The van der Waals surface area contributed by atoms with Crippen molar-refractivity contribution < 1.29 is 5.11 Å². The van der Waals surface area contributed by atoms with E-state index in [1.165, 1.54) is 11.1 Å². The Morgan fingerprint density at radius 2 is 1.58 bits per heavy atom. The molecule has 2 aromatic carbocycles. The van der Waals surface area contributed by atoms with Gasteiger partial charge in [-0.2, -0.15) is 0 Å². The molecule has 1 aromatic heterocycles. The molecule has 0 aliphatic rings. The van der Waals surface area contributed by atoms with Crippen molar-refractivity contribution in [1.29, 1.82) is 0 Å². The van der Waals surface area contributed by atoms with Crippen LogP contribution in [0.1, 0.15) is 30.2 Å². The first-order valence-electron chi connectivity index (χ1n) is 8.84. The lowest BCUT2D eigenvalue weighted by Crippen LogP contribution is -2.35. The monoisotopic (exact) mass is 344 g/mol. The summed E-state index contributed by atoms with van der Waals surface area (Å²) in [6, 6.07) is 20.9. The fourth-order valence-electron chi connectivity index (χ4n) is 3.32. The van der Waals surface area contributed by atoms with Gasteiger partial charge < -0.3 is 9.67 Å². The van der Waals surface area contributed by atoms with Gasteiger partial charge in [-0.05, 0) is 24.5 Å². The molecule has 3 rings (SSSR count). The largest absolute Gasteiger partial charge is 0.390 e. The molecule has 0 saturated carbocycles. The van der Waals surface area contributed by atoms with Gasteiger partial charge in [-0.25, -0.2) is 4.98 Å². The van der Waals surface area contributed by atoms with Crippen molar-refractivity contribution in [2.24, 2.45) is 0 Å². The molecule has 132 valence electrons. The SMILES string of the molecule is C/C=C\C=C/CC(c1ccccc1)(c1ccccc1)n1cnc(CO)c1. The number of rotatable bonds is 7. The van der Waals surface area contributed by atoms with Gasteiger partial charge in [-0.3, -0.25) is 0 Å². The zero-order valence-electron chi connectivity index (χ0n) is 15.0. The predicted molar refractivity (Wildman–Crippen MR) is 106 cm³/mol. The fourth-order valence-corrected chi connectivity index (χ4v) is 3.32. The number of aliphatic hydroxyl groups is 1. The van der Waals surface area contributed by atoms with Crippen LogP contribution < -0.4 is 0 Å². The molecule has 26 heavy (non-hydrogen) atoms. The highest BCUT2D eigenvalue weighted by Gasteiger charge is 2.35. The maximum absolute atomic E-state index is 9.50. The highest BCUT2D eigenvalue weighted by molar-refractivity contribution is 5.41. The minimum Gasteiger partial charge on any atom is -0.390 e. The fraction of sp³-hybridized carbons (Fsp3) is 0.174. The van der Waals surface area contributed by atoms with Crippen LogP contribution in [0.25, 0.3) is 0 Å². The normalized spacial score (nSPS) is 12.2. The molecule has 0 spiro atoms. The predicted octanol–water partition coefficient (Wildman–Crippen LogP) is 4.69. The van der Waals surface area contributed by atoms with Gasteiger partial charge in [0.05, 0.1) is 24.2 Å². The summed E-state index contributed by atoms with van der Waals surface area (Å²) in [6.07, 6.45) is 12.8. The first kappa shape index (κ1) is 17.9. The molecule has 0 saturated heterocycles. The van der Waals surface area contributed by atoms with Crippen LogP contribution in [-0.4, -0.2) is 14.7 Å². The second-order valence-electron chi connectivity index (χ2n) is 6.18. The van der Waals surface area contributed by atoms with Crippen LogP contribution in [0.5, 0.6) is 0 Å². The Hall–Kier alpha value is -2.91. The lowest BCUT2D eigenvalue weighted by molar-refractivity contribution is 0.277. The Morgan fingerprint density at radius 3 is 2.08 bits per heavy atom. The minimum absolute atomic E-state index is 0.0684. The maximum atomic E-state index is 9.50. The Labute approximate surface area is 155 Å². The zero-order valence-corrected chi connectivity index (χ0v) is 15.0. The highest BCUT2D eigenvalue weighted by atomic mass is 16.3. The van der Waals surface area contributed by atoms with Crippen LogP contribution in [0.3, 0.4) is 0 Å². The highest BCUT2D eigenvalue weighted by Crippen LogP contribution is 2.38. The summed E-state index contributed by atoms with van der Waals surface area (Å²) < 4.78 is 2.11. The third kappa shape index (κ3) is 3.53. The average molecular weight is 344 g/mol. The van der Waals surface area contributed by atoms with Gasteiger partial charge in [0.25, 0.3) is 0 Å². The summed E-state index contributed by atoms with van der Waals surface area (Å²) in [4.78, 5) is 4.37. The van der Waals surface area contributed by atoms with Crippen molar-refractivity contribution in [3.05, 3.63) is 114 Å². The van der Waals surface area contributed by atoms with Gasteiger partial charge in [-0.1, -0.05) is 85.0 Å². The Morgan fingerprint density at radius 1 is 0.962 bits per heavy atom. The lowest BCUT2D eigenvalue weighted by Gasteiger charge is -2.36. The Bertz CT molecular complexity index is 824. The number of aromatic nitrogens is 2. The van der Waals surface area contributed by atoms with E-state index in [1.807, 2.05) is 43.7 Å². The van der Waals surface area contributed by atoms with E-state index in [-0.39, 0.29) is 6.61 Å². The first-order valence-corrected chi connectivity index (χ1v) is 8.84. The third-order valence-corrected chi connectivity index (χ3v) is 4.59. The van der Waals surface area contributed by atoms with E-state index < -0.39 is 5.54 Å². The molecular formula is C23H24N2O. The van der Waals surface area contributed by atoms with Crippen LogP contribution in [0, 0.1) is 0 Å². The standard InChI is InChI=1S/C23H24N2O/c1-2-3-4-11-16-23(20-12-7-5-8-13-20,21-14-9-6-10-15-21)25-17-22(18-26)24-19-25/h2-15,17,19,26H,16,18H2,1H3/b3-2-,11-4-. The zero-order chi connectivity index (χ0) is 18.2. The number of hydrogen-bond acceptors (Lipinski definition) is 2. The molecule has 0 amide bonds. The van der Waals surface area contributed by atoms with Gasteiger partial charge in [0.1, 0.15) is 0 Å². The van der Waals surface area contributed by atoms with Crippen molar-refractivity contribution in [1.82, 2.24) is 9.55 Å². The van der Waals surface area contributed by atoms with Crippen LogP contribution in [-0.2, 0) is 12.1 Å². The average Bonchev–Trinajstić information content (AvgIpc) is 3.19. The molecule has 0 bridgehead atoms. The number of aliphatic hydroxyl groups excluding tert-OH is 1. The number of benzene rings is 2. The van der Waals surface area contributed by atoms with E-state index in [2.05, 4.69) is 70.2 Å². The van der Waals surface area contributed by atoms with Gasteiger partial charge in [0.15, 0.2) is 0 Å². The molecule has 0 aliphatic heterocycles. The summed E-state index contributed by atoms with van der Waals surface area (Å²) in [6.45, 7) is 1.94. The molecule has 0 fully saturated rings. The first-order chi connectivity index (χ1) is 12.8. The second-order valence-corrected chi connectivity index (χ2v) is 6.18. The Kier molecular flexibility index (Phi) is 5.82. The topological polar surface area (TPSA) is 38.0 Å². The minimum atomic E-state index is -0.430. The number of hydrogen-bond donors (Lipinski definition) is 1. The van der Waals surface area contributed by atoms with Crippen molar-refractivity contribution in [2.45, 2.75) is 25.5 Å². The lowest BCUT2D eigenvalue weighted by atomic mass is 9.79. The van der Waals surface area contributed by atoms with Crippen molar-refractivity contribution in [2.75, 3.05) is 0 Å². The summed E-state index contributed by atoms with van der Waals surface area (Å²) in [5, 5.41) is 9.50. The smallest absolute Gasteiger partial charge is 0.0992 e. The molecule has 3 aromatic rings. The number of allylic oxidation sites excluding steroid dienone is 4. The second kappa shape index (κ2) is 8.45. The van der Waals surface area contributed by atoms with Crippen LogP contribution in [0.4, 0.5) is 0 Å². The molecule has 0 aliphatic carbocycles. The van der Waals surface area contributed by atoms with Crippen molar-refractivity contribution in [3.8, 4) is 0 Å². The molecule has 0 atom stereocenters. The summed E-state index contributed by atoms with van der Waals surface area (Å²) in [5.41, 5.74) is 2.59. The van der Waals surface area contributed by atoms with E-state index >= 15 is 0 Å². The van der Waals surface area contributed by atoms with E-state index in [4.69, 9.17) is 0 Å². The molecular weight excluding hydrogens is 320 g/mol. The van der Waals surface area contributed by atoms with E-state index in [1.54, 1.807) is 0 Å². The van der Waals surface area contributed by atoms with Crippen molar-refractivity contribution >= 4 is 0 Å². The summed E-state index contributed by atoms with van der Waals surface area (Å²) in [5.74, 6) is 0. The van der Waals surface area contributed by atoms with E-state index in [0.717, 1.165) is 6.42 Å². The third-order valence-electron chi connectivity index (χ3n) is 4.59. The number of imidazole rings is 1. The molecule has 1 heterocycles. The van der Waals surface area contributed by atoms with Gasteiger partial charge >= 0.3 is 0 Å². The number of nitrogens with zero attached hydrogens (tertiary/aromatic N) is 2. The molecule has 1 N–H and O–H groups in total.